The lowest BCUT2D eigenvalue weighted by Gasteiger charge is -2.01. The Labute approximate surface area is 91.4 Å². The molecule has 16 heavy (non-hydrogen) atoms. The minimum Gasteiger partial charge on any atom is -0.493 e. The molecule has 1 aromatic carbocycles. The van der Waals surface area contributed by atoms with E-state index in [9.17, 15) is 4.79 Å². The van der Waals surface area contributed by atoms with E-state index < -0.39 is 0 Å². The van der Waals surface area contributed by atoms with Gasteiger partial charge < -0.3 is 4.74 Å². The number of hydrogen-bond donors (Lipinski definition) is 1. The molecule has 1 N–H and O–H groups in total. The van der Waals surface area contributed by atoms with Crippen molar-refractivity contribution < 1.29 is 9.53 Å². The van der Waals surface area contributed by atoms with Gasteiger partial charge in [-0.15, -0.1) is 0 Å². The SMILES string of the molecule is O=C(c1ccc2c(c1)CCO2)c1cn[nH]n1. The van der Waals surface area contributed by atoms with Gasteiger partial charge in [-0.25, -0.2) is 0 Å². The standard InChI is InChI=1S/C11H9N3O2/c15-11(9-6-12-14-13-9)8-1-2-10-7(5-8)3-4-16-10/h1-2,5-6H,3-4H2,(H,12,13,14). The number of ketones is 1. The fourth-order valence-corrected chi connectivity index (χ4v) is 1.79. The quantitative estimate of drug-likeness (QED) is 0.758. The van der Waals surface area contributed by atoms with Gasteiger partial charge in [0.2, 0.25) is 5.78 Å². The number of nitrogens with one attached hydrogen (secondary N) is 1. The molecule has 0 spiro atoms. The van der Waals surface area contributed by atoms with Crippen LogP contribution in [-0.2, 0) is 6.42 Å². The zero-order valence-corrected chi connectivity index (χ0v) is 8.43. The summed E-state index contributed by atoms with van der Waals surface area (Å²) in [6.45, 7) is 0.691. The number of aromatic nitrogens is 3. The van der Waals surface area contributed by atoms with Crippen LogP contribution < -0.4 is 4.74 Å². The van der Waals surface area contributed by atoms with Gasteiger partial charge >= 0.3 is 0 Å². The van der Waals surface area contributed by atoms with Crippen LogP contribution in [0.2, 0.25) is 0 Å². The van der Waals surface area contributed by atoms with Gasteiger partial charge in [0.05, 0.1) is 12.8 Å². The fourth-order valence-electron chi connectivity index (χ4n) is 1.79. The molecule has 0 bridgehead atoms. The van der Waals surface area contributed by atoms with E-state index in [0.29, 0.717) is 17.9 Å². The number of fused-ring (bicyclic) bond motifs is 1. The summed E-state index contributed by atoms with van der Waals surface area (Å²) < 4.78 is 5.38. The third kappa shape index (κ3) is 1.37. The molecule has 80 valence electrons. The molecule has 5 nitrogen and oxygen atoms in total. The molecule has 2 aromatic rings. The molecule has 1 aliphatic heterocycles. The number of ether oxygens (including phenoxy) is 1. The summed E-state index contributed by atoms with van der Waals surface area (Å²) >= 11 is 0. The molecule has 5 heteroatoms. The molecule has 3 rings (SSSR count). The van der Waals surface area contributed by atoms with Gasteiger partial charge in [-0.2, -0.15) is 15.4 Å². The van der Waals surface area contributed by atoms with E-state index in [1.165, 1.54) is 6.20 Å². The molecule has 0 aliphatic carbocycles. The largest absolute Gasteiger partial charge is 0.493 e. The molecule has 0 radical (unpaired) electrons. The normalized spacial score (nSPS) is 13.2. The number of H-pyrrole nitrogens is 1. The highest BCUT2D eigenvalue weighted by atomic mass is 16.5. The number of hydrogen-bond acceptors (Lipinski definition) is 4. The topological polar surface area (TPSA) is 67.9 Å². The van der Waals surface area contributed by atoms with Crippen LogP contribution >= 0.6 is 0 Å². The van der Waals surface area contributed by atoms with Crippen molar-refractivity contribution in [2.24, 2.45) is 0 Å². The molecular weight excluding hydrogens is 206 g/mol. The third-order valence-electron chi connectivity index (χ3n) is 2.60. The average Bonchev–Trinajstić information content (AvgIpc) is 2.98. The van der Waals surface area contributed by atoms with E-state index in [0.717, 1.165) is 17.7 Å². The van der Waals surface area contributed by atoms with Crippen molar-refractivity contribution in [3.05, 3.63) is 41.2 Å². The molecule has 0 unspecified atom stereocenters. The predicted molar refractivity (Wildman–Crippen MR) is 55.5 cm³/mol. The van der Waals surface area contributed by atoms with Crippen molar-refractivity contribution >= 4 is 5.78 Å². The second-order valence-electron chi connectivity index (χ2n) is 3.61. The van der Waals surface area contributed by atoms with Crippen molar-refractivity contribution in [3.8, 4) is 5.75 Å². The van der Waals surface area contributed by atoms with E-state index in [4.69, 9.17) is 4.74 Å². The van der Waals surface area contributed by atoms with Crippen molar-refractivity contribution in [3.63, 3.8) is 0 Å². The van der Waals surface area contributed by atoms with Crippen molar-refractivity contribution in [2.75, 3.05) is 6.61 Å². The van der Waals surface area contributed by atoms with Crippen LogP contribution in [0.1, 0.15) is 21.6 Å². The van der Waals surface area contributed by atoms with Gasteiger partial charge in [0.25, 0.3) is 0 Å². The molecule has 0 amide bonds. The Balaban J connectivity index is 1.99. The first-order valence-corrected chi connectivity index (χ1v) is 5.01. The lowest BCUT2D eigenvalue weighted by Crippen LogP contribution is -2.02. The Morgan fingerprint density at radius 3 is 3.19 bits per heavy atom. The summed E-state index contributed by atoms with van der Waals surface area (Å²) in [6, 6.07) is 5.44. The predicted octanol–water partition coefficient (Wildman–Crippen LogP) is 0.971. The zero-order valence-electron chi connectivity index (χ0n) is 8.43. The summed E-state index contributed by atoms with van der Waals surface area (Å²) in [4.78, 5) is 11.9. The van der Waals surface area contributed by atoms with E-state index in [1.807, 2.05) is 12.1 Å². The number of carbonyl (C=O) groups excluding carboxylic acids is 1. The first-order valence-electron chi connectivity index (χ1n) is 5.01. The molecule has 2 heterocycles. The number of carbonyl (C=O) groups is 1. The van der Waals surface area contributed by atoms with Gasteiger partial charge in [0.15, 0.2) is 5.69 Å². The van der Waals surface area contributed by atoms with E-state index >= 15 is 0 Å². The number of nitrogens with zero attached hydrogens (tertiary/aromatic N) is 2. The summed E-state index contributed by atoms with van der Waals surface area (Å²) in [6.07, 6.45) is 2.28. The van der Waals surface area contributed by atoms with Crippen LogP contribution in [-0.4, -0.2) is 27.8 Å². The van der Waals surface area contributed by atoms with E-state index in [-0.39, 0.29) is 5.78 Å². The first-order chi connectivity index (χ1) is 7.84. The molecule has 0 saturated carbocycles. The van der Waals surface area contributed by atoms with Gasteiger partial charge in [-0.3, -0.25) is 4.79 Å². The minimum atomic E-state index is -0.122. The number of aromatic amines is 1. The molecule has 0 atom stereocenters. The summed E-state index contributed by atoms with van der Waals surface area (Å²) in [5, 5.41) is 9.82. The summed E-state index contributed by atoms with van der Waals surface area (Å²) in [5.41, 5.74) is 2.03. The van der Waals surface area contributed by atoms with Gasteiger partial charge in [0.1, 0.15) is 5.75 Å². The van der Waals surface area contributed by atoms with Gasteiger partial charge in [-0.1, -0.05) is 0 Å². The Kier molecular flexibility index (Phi) is 1.96. The minimum absolute atomic E-state index is 0.122. The maximum absolute atomic E-state index is 11.9. The highest BCUT2D eigenvalue weighted by Gasteiger charge is 2.17. The van der Waals surface area contributed by atoms with Crippen LogP contribution in [0.3, 0.4) is 0 Å². The lowest BCUT2D eigenvalue weighted by atomic mass is 10.0. The Hall–Kier alpha value is -2.17. The number of rotatable bonds is 2. The van der Waals surface area contributed by atoms with Crippen molar-refractivity contribution in [1.82, 2.24) is 15.4 Å². The second kappa shape index (κ2) is 3.44. The Morgan fingerprint density at radius 2 is 2.38 bits per heavy atom. The maximum atomic E-state index is 11.9. The number of benzene rings is 1. The van der Waals surface area contributed by atoms with Gasteiger partial charge in [0, 0.05) is 12.0 Å². The van der Waals surface area contributed by atoms with E-state index in [2.05, 4.69) is 15.4 Å². The van der Waals surface area contributed by atoms with Gasteiger partial charge in [-0.05, 0) is 23.8 Å². The zero-order chi connectivity index (χ0) is 11.0. The van der Waals surface area contributed by atoms with Crippen molar-refractivity contribution in [1.29, 1.82) is 0 Å². The molecule has 1 aliphatic rings. The fraction of sp³-hybridized carbons (Fsp3) is 0.182. The second-order valence-corrected chi connectivity index (χ2v) is 3.61. The van der Waals surface area contributed by atoms with E-state index in [1.54, 1.807) is 6.07 Å². The van der Waals surface area contributed by atoms with Crippen molar-refractivity contribution in [2.45, 2.75) is 6.42 Å². The molecular formula is C11H9N3O2. The summed E-state index contributed by atoms with van der Waals surface area (Å²) in [7, 11) is 0. The summed E-state index contributed by atoms with van der Waals surface area (Å²) in [5.74, 6) is 0.750. The van der Waals surface area contributed by atoms with Crippen LogP contribution in [0.25, 0.3) is 0 Å². The third-order valence-corrected chi connectivity index (χ3v) is 2.60. The first kappa shape index (κ1) is 9.08. The highest BCUT2D eigenvalue weighted by Crippen LogP contribution is 2.26. The lowest BCUT2D eigenvalue weighted by molar-refractivity contribution is 0.103. The molecule has 0 saturated heterocycles. The van der Waals surface area contributed by atoms with Crippen LogP contribution in [0.5, 0.6) is 5.75 Å². The van der Waals surface area contributed by atoms with Crippen LogP contribution in [0.15, 0.2) is 24.4 Å². The smallest absolute Gasteiger partial charge is 0.214 e. The Bertz CT molecular complexity index is 534. The highest BCUT2D eigenvalue weighted by molar-refractivity contribution is 6.07. The maximum Gasteiger partial charge on any atom is 0.214 e. The monoisotopic (exact) mass is 215 g/mol. The average molecular weight is 215 g/mol. The van der Waals surface area contributed by atoms with Crippen LogP contribution in [0.4, 0.5) is 0 Å². The Morgan fingerprint density at radius 1 is 1.44 bits per heavy atom. The molecule has 0 fully saturated rings. The van der Waals surface area contributed by atoms with Crippen LogP contribution in [0, 0.1) is 0 Å². The molecule has 1 aromatic heterocycles.